The molecule has 0 saturated carbocycles. The maximum absolute atomic E-state index is 13.3. The van der Waals surface area contributed by atoms with E-state index in [1.54, 1.807) is 0 Å². The summed E-state index contributed by atoms with van der Waals surface area (Å²) in [6.45, 7) is 0.0212. The van der Waals surface area contributed by atoms with E-state index in [4.69, 9.17) is 10.8 Å². The number of phenolic OH excluding ortho intramolecular Hbond substituents is 1. The van der Waals surface area contributed by atoms with Crippen LogP contribution in [0.1, 0.15) is 62.9 Å². The van der Waals surface area contributed by atoms with Gasteiger partial charge in [-0.3, -0.25) is 19.2 Å². The van der Waals surface area contributed by atoms with E-state index in [1.807, 2.05) is 39.2 Å². The molecule has 0 radical (unpaired) electrons. The molecular formula is C28H52N4O9. The number of primary amides is 1. The molecule has 0 fully saturated rings. The number of hydrogen-bond donors (Lipinski definition) is 7. The number of nitrogens with zero attached hydrogens (tertiary/aromatic N) is 1. The zero-order chi connectivity index (χ0) is 30.4. The molecule has 41 heavy (non-hydrogen) atoms. The molecule has 13 heteroatoms. The van der Waals surface area contributed by atoms with Crippen molar-refractivity contribution in [3.63, 3.8) is 0 Å². The van der Waals surface area contributed by atoms with E-state index in [0.717, 1.165) is 5.69 Å². The first kappa shape index (κ1) is 37.9. The molecule has 2 rings (SSSR count). The summed E-state index contributed by atoms with van der Waals surface area (Å²) < 4.78 is 0. The zero-order valence-corrected chi connectivity index (χ0v) is 24.5. The Morgan fingerprint density at radius 1 is 1.20 bits per heavy atom. The summed E-state index contributed by atoms with van der Waals surface area (Å²) in [6.07, 6.45) is 1.17. The maximum atomic E-state index is 13.3. The highest BCUT2D eigenvalue weighted by Crippen LogP contribution is 2.42. The number of Topliss-reactive ketones (excluding diaryl/α,β-unsaturated/α-hetero) is 2. The van der Waals surface area contributed by atoms with Gasteiger partial charge in [0.05, 0.1) is 18.6 Å². The summed E-state index contributed by atoms with van der Waals surface area (Å²) in [7, 11) is 7.42. The second-order valence-corrected chi connectivity index (χ2v) is 10.4. The number of nitrogens with one attached hydrogen (secondary N) is 2. The van der Waals surface area contributed by atoms with Gasteiger partial charge in [-0.1, -0.05) is 0 Å². The number of aliphatic carboxylic acids is 1. The van der Waals surface area contributed by atoms with Crippen LogP contribution in [0.3, 0.4) is 0 Å². The van der Waals surface area contributed by atoms with Crippen molar-refractivity contribution in [2.24, 2.45) is 23.5 Å². The van der Waals surface area contributed by atoms with Gasteiger partial charge in [0.1, 0.15) is 11.5 Å². The second kappa shape index (κ2) is 19.1. The number of anilines is 1. The Kier molecular flexibility index (Phi) is 17.7. The summed E-state index contributed by atoms with van der Waals surface area (Å²) in [4.78, 5) is 49.6. The monoisotopic (exact) mass is 588 g/mol. The van der Waals surface area contributed by atoms with E-state index in [0.29, 0.717) is 36.9 Å². The van der Waals surface area contributed by atoms with E-state index in [-0.39, 0.29) is 63.8 Å². The predicted octanol–water partition coefficient (Wildman–Crippen LogP) is 0.102. The van der Waals surface area contributed by atoms with Gasteiger partial charge in [0, 0.05) is 60.1 Å². The third kappa shape index (κ3) is 11.7. The molecule has 1 aromatic rings. The number of hydrogen-bond acceptors (Lipinski definition) is 10. The molecule has 1 aliphatic carbocycles. The van der Waals surface area contributed by atoms with Gasteiger partial charge >= 0.3 is 5.97 Å². The van der Waals surface area contributed by atoms with Crippen molar-refractivity contribution in [1.82, 2.24) is 10.6 Å². The van der Waals surface area contributed by atoms with E-state index in [9.17, 15) is 34.5 Å². The highest BCUT2D eigenvalue weighted by Gasteiger charge is 2.36. The lowest BCUT2D eigenvalue weighted by Crippen LogP contribution is -2.34. The lowest BCUT2D eigenvalue weighted by atomic mass is 9.73. The summed E-state index contributed by atoms with van der Waals surface area (Å²) in [6, 6.07) is 1.81. The summed E-state index contributed by atoms with van der Waals surface area (Å²) >= 11 is 0. The minimum Gasteiger partial charge on any atom is -0.507 e. The normalized spacial score (nSPS) is 15.5. The molecule has 3 atom stereocenters. The number of rotatable bonds is 16. The Hall–Kier alpha value is -3.10. The fraction of sp³-hybridized carbons (Fsp3) is 0.643. The SMILES string of the molecule is CN(C)c1cc(CNCCCC(=O)O)c(O)c2c1CC(CC(CCO)C(CO)C(=O)CC(N)=O)CC2=O.CNC.O.[HH].[HH]. The number of carboxylic acids is 1. The predicted molar refractivity (Wildman–Crippen MR) is 159 cm³/mol. The third-order valence-electron chi connectivity index (χ3n) is 6.91. The quantitative estimate of drug-likeness (QED) is 0.101. The molecule has 238 valence electrons. The number of amides is 1. The number of aliphatic hydroxyl groups is 2. The molecule has 13 nitrogen and oxygen atoms in total. The van der Waals surface area contributed by atoms with Crippen molar-refractivity contribution in [2.45, 2.75) is 51.5 Å². The second-order valence-electron chi connectivity index (χ2n) is 10.4. The van der Waals surface area contributed by atoms with Gasteiger partial charge in [-0.05, 0) is 69.8 Å². The summed E-state index contributed by atoms with van der Waals surface area (Å²) in [5, 5.41) is 45.0. The number of fused-ring (bicyclic) bond motifs is 1. The number of nitrogens with two attached hydrogens (primary N) is 1. The molecular weight excluding hydrogens is 536 g/mol. The van der Waals surface area contributed by atoms with Crippen molar-refractivity contribution in [3.8, 4) is 5.75 Å². The third-order valence-corrected chi connectivity index (χ3v) is 6.91. The van der Waals surface area contributed by atoms with Crippen molar-refractivity contribution >= 4 is 29.1 Å². The number of phenols is 1. The zero-order valence-electron chi connectivity index (χ0n) is 24.5. The number of benzene rings is 1. The number of aliphatic hydroxyl groups excluding tert-OH is 2. The van der Waals surface area contributed by atoms with Gasteiger partial charge in [0.25, 0.3) is 0 Å². The molecule has 1 aromatic carbocycles. The van der Waals surface area contributed by atoms with Crippen LogP contribution >= 0.6 is 0 Å². The molecule has 1 amide bonds. The Balaban J connectivity index is -0.00000255. The number of ketones is 2. The molecule has 0 saturated heterocycles. The Morgan fingerprint density at radius 3 is 2.34 bits per heavy atom. The first-order chi connectivity index (χ1) is 18.9. The van der Waals surface area contributed by atoms with Gasteiger partial charge in [0.2, 0.25) is 5.91 Å². The highest BCUT2D eigenvalue weighted by atomic mass is 16.4. The molecule has 0 heterocycles. The molecule has 0 bridgehead atoms. The van der Waals surface area contributed by atoms with Gasteiger partial charge < -0.3 is 47.2 Å². The van der Waals surface area contributed by atoms with Crippen LogP contribution in [0.4, 0.5) is 5.69 Å². The van der Waals surface area contributed by atoms with Crippen LogP contribution in [0.25, 0.3) is 0 Å². The van der Waals surface area contributed by atoms with Crippen molar-refractivity contribution in [2.75, 3.05) is 52.8 Å². The molecule has 10 N–H and O–H groups in total. The van der Waals surface area contributed by atoms with E-state index < -0.39 is 42.5 Å². The van der Waals surface area contributed by atoms with Crippen LogP contribution in [0.2, 0.25) is 0 Å². The standard InChI is InChI=1S/C26H39N3O8.C2H7N.H2O.2H2/c1-29(2)20-11-17(13-28-6-3-4-24(35)36)26(37)25-18(20)9-15(10-22(25)33)8-16(5-7-30)19(14-31)21(32)12-23(27)34;1-3-2;;;/h11,15-16,19,28,30-31,37H,3-10,12-14H2,1-2H3,(H2,27,34)(H,35,36);3H,1-2H3;1H2;2*1H. The van der Waals surface area contributed by atoms with E-state index >= 15 is 0 Å². The largest absolute Gasteiger partial charge is 0.507 e. The van der Waals surface area contributed by atoms with Crippen molar-refractivity contribution < 1.29 is 47.9 Å². The number of carboxylic acid groups (broad SMARTS) is 1. The average molecular weight is 589 g/mol. The van der Waals surface area contributed by atoms with Crippen molar-refractivity contribution in [3.05, 3.63) is 22.8 Å². The van der Waals surface area contributed by atoms with Gasteiger partial charge in [-0.25, -0.2) is 0 Å². The Morgan fingerprint density at radius 2 is 1.83 bits per heavy atom. The average Bonchev–Trinajstić information content (AvgIpc) is 2.85. The Labute approximate surface area is 244 Å². The molecule has 3 unspecified atom stereocenters. The van der Waals surface area contributed by atoms with Crippen molar-refractivity contribution in [1.29, 1.82) is 0 Å². The van der Waals surface area contributed by atoms with E-state index in [1.165, 1.54) is 0 Å². The van der Waals surface area contributed by atoms with Crippen LogP contribution in [-0.2, 0) is 27.3 Å². The minimum absolute atomic E-state index is 0. The smallest absolute Gasteiger partial charge is 0.303 e. The number of aromatic hydroxyl groups is 1. The Bertz CT molecular complexity index is 1030. The van der Waals surface area contributed by atoms with Gasteiger partial charge in [-0.15, -0.1) is 0 Å². The fourth-order valence-corrected chi connectivity index (χ4v) is 5.17. The van der Waals surface area contributed by atoms with Crippen LogP contribution < -0.4 is 21.3 Å². The van der Waals surface area contributed by atoms with Gasteiger partial charge in [-0.2, -0.15) is 0 Å². The van der Waals surface area contributed by atoms with Gasteiger partial charge in [0.15, 0.2) is 5.78 Å². The first-order valence-corrected chi connectivity index (χ1v) is 13.5. The van der Waals surface area contributed by atoms with Crippen LogP contribution in [0.5, 0.6) is 5.75 Å². The lowest BCUT2D eigenvalue weighted by molar-refractivity contribution is -0.137. The van der Waals surface area contributed by atoms with Crippen LogP contribution in [0.15, 0.2) is 6.07 Å². The topological polar surface area (TPSA) is 234 Å². The lowest BCUT2D eigenvalue weighted by Gasteiger charge is -2.33. The fourth-order valence-electron chi connectivity index (χ4n) is 5.17. The first-order valence-electron chi connectivity index (χ1n) is 13.5. The van der Waals surface area contributed by atoms with E-state index in [2.05, 4.69) is 10.6 Å². The number of carbonyl (C=O) groups is 4. The summed E-state index contributed by atoms with van der Waals surface area (Å²) in [5.41, 5.74) is 7.44. The minimum atomic E-state index is -0.878. The molecule has 1 aliphatic rings. The van der Waals surface area contributed by atoms with Crippen LogP contribution in [0, 0.1) is 17.8 Å². The molecule has 0 aromatic heterocycles. The maximum Gasteiger partial charge on any atom is 0.303 e. The van der Waals surface area contributed by atoms with Crippen LogP contribution in [-0.4, -0.2) is 97.3 Å². The summed E-state index contributed by atoms with van der Waals surface area (Å²) in [5.74, 6) is -3.96. The number of carbonyl (C=O) groups excluding carboxylic acids is 3. The molecule has 0 spiro atoms. The molecule has 0 aliphatic heterocycles. The highest BCUT2D eigenvalue weighted by molar-refractivity contribution is 6.03.